The van der Waals surface area contributed by atoms with Gasteiger partial charge in [-0.1, -0.05) is 23.7 Å². The van der Waals surface area contributed by atoms with E-state index in [9.17, 15) is 18.0 Å². The molecule has 0 saturated carbocycles. The largest absolute Gasteiger partial charge is 0.488 e. The van der Waals surface area contributed by atoms with Crippen molar-refractivity contribution in [3.8, 4) is 16.3 Å². The Bertz CT molecular complexity index is 1400. The Labute approximate surface area is 215 Å². The van der Waals surface area contributed by atoms with Gasteiger partial charge in [0.1, 0.15) is 29.5 Å². The molecular formula is C26H24ClF3N2O3S. The van der Waals surface area contributed by atoms with Crippen molar-refractivity contribution in [2.24, 2.45) is 0 Å². The molecule has 10 heteroatoms. The standard InChI is InChI=1S/C26H24ClF3N2O3S/c1-15-22(36-24(31-15)16-5-7-17(8-6-16)26(28,29)30)14-34-18-9-10-19-20(27)12-32(21(19)11-18)13-23(33)35-25(2,3)4/h5-12H,13-14H2,1-4H3. The number of hydrogen-bond donors (Lipinski definition) is 0. The molecule has 4 rings (SSSR count). The predicted molar refractivity (Wildman–Crippen MR) is 134 cm³/mol. The van der Waals surface area contributed by atoms with E-state index in [4.69, 9.17) is 21.1 Å². The minimum Gasteiger partial charge on any atom is -0.488 e. The first kappa shape index (κ1) is 26.0. The van der Waals surface area contributed by atoms with Crippen molar-refractivity contribution in [3.63, 3.8) is 0 Å². The topological polar surface area (TPSA) is 53.4 Å². The van der Waals surface area contributed by atoms with Crippen LogP contribution in [-0.4, -0.2) is 21.1 Å². The molecule has 0 bridgehead atoms. The van der Waals surface area contributed by atoms with Crippen LogP contribution in [0.15, 0.2) is 48.7 Å². The maximum atomic E-state index is 12.8. The van der Waals surface area contributed by atoms with E-state index < -0.39 is 17.3 Å². The summed E-state index contributed by atoms with van der Waals surface area (Å²) in [6, 6.07) is 10.4. The van der Waals surface area contributed by atoms with Gasteiger partial charge in [-0.15, -0.1) is 11.3 Å². The molecule has 2 aromatic carbocycles. The molecule has 0 spiro atoms. The summed E-state index contributed by atoms with van der Waals surface area (Å²) in [6.07, 6.45) is -2.70. The molecule has 4 aromatic rings. The lowest BCUT2D eigenvalue weighted by Gasteiger charge is -2.19. The third kappa shape index (κ3) is 6.02. The van der Waals surface area contributed by atoms with E-state index in [1.807, 2.05) is 33.8 Å². The minimum atomic E-state index is -4.38. The summed E-state index contributed by atoms with van der Waals surface area (Å²) in [5, 5.41) is 1.92. The van der Waals surface area contributed by atoms with Gasteiger partial charge in [0.2, 0.25) is 0 Å². The van der Waals surface area contributed by atoms with Crippen molar-refractivity contribution in [2.45, 2.75) is 52.6 Å². The number of hydrogen-bond acceptors (Lipinski definition) is 5. The second-order valence-electron chi connectivity index (χ2n) is 9.26. The zero-order valence-electron chi connectivity index (χ0n) is 20.1. The van der Waals surface area contributed by atoms with Gasteiger partial charge in [0, 0.05) is 23.2 Å². The van der Waals surface area contributed by atoms with Gasteiger partial charge in [-0.2, -0.15) is 13.2 Å². The molecule has 190 valence electrons. The fourth-order valence-corrected chi connectivity index (χ4v) is 4.86. The molecule has 0 saturated heterocycles. The fourth-order valence-electron chi connectivity index (χ4n) is 3.60. The molecule has 5 nitrogen and oxygen atoms in total. The molecule has 0 radical (unpaired) electrons. The van der Waals surface area contributed by atoms with E-state index in [1.54, 1.807) is 22.9 Å². The summed E-state index contributed by atoms with van der Waals surface area (Å²) < 4.78 is 51.7. The van der Waals surface area contributed by atoms with Crippen LogP contribution in [0.1, 0.15) is 36.9 Å². The molecular weight excluding hydrogens is 513 g/mol. The van der Waals surface area contributed by atoms with Crippen LogP contribution in [0.25, 0.3) is 21.5 Å². The van der Waals surface area contributed by atoms with Crippen LogP contribution in [0, 0.1) is 6.92 Å². The Hall–Kier alpha value is -3.04. The number of benzene rings is 2. The molecule has 0 unspecified atom stereocenters. The van der Waals surface area contributed by atoms with Crippen LogP contribution < -0.4 is 4.74 Å². The average molecular weight is 537 g/mol. The van der Waals surface area contributed by atoms with Crippen LogP contribution in [0.5, 0.6) is 5.75 Å². The third-order valence-corrected chi connectivity index (χ3v) is 6.73. The van der Waals surface area contributed by atoms with E-state index in [0.29, 0.717) is 21.3 Å². The lowest BCUT2D eigenvalue weighted by molar-refractivity contribution is -0.155. The Morgan fingerprint density at radius 3 is 2.44 bits per heavy atom. The zero-order valence-corrected chi connectivity index (χ0v) is 21.6. The number of carbonyl (C=O) groups is 1. The van der Waals surface area contributed by atoms with Crippen LogP contribution in [0.2, 0.25) is 5.02 Å². The summed E-state index contributed by atoms with van der Waals surface area (Å²) in [4.78, 5) is 17.7. The first-order valence-corrected chi connectivity index (χ1v) is 12.3. The molecule has 0 aliphatic heterocycles. The number of aromatic nitrogens is 2. The van der Waals surface area contributed by atoms with Crippen LogP contribution in [0.4, 0.5) is 13.2 Å². The smallest absolute Gasteiger partial charge is 0.416 e. The quantitative estimate of drug-likeness (QED) is 0.237. The number of halogens is 4. The first-order chi connectivity index (χ1) is 16.8. The van der Waals surface area contributed by atoms with E-state index >= 15 is 0 Å². The van der Waals surface area contributed by atoms with Gasteiger partial charge in [0.25, 0.3) is 0 Å². The summed E-state index contributed by atoms with van der Waals surface area (Å²) in [7, 11) is 0. The summed E-state index contributed by atoms with van der Waals surface area (Å²) in [5.41, 5.74) is 0.791. The molecule has 0 atom stereocenters. The van der Waals surface area contributed by atoms with Crippen LogP contribution in [-0.2, 0) is 28.9 Å². The molecule has 2 heterocycles. The Morgan fingerprint density at radius 1 is 1.11 bits per heavy atom. The van der Waals surface area contributed by atoms with E-state index in [2.05, 4.69) is 4.98 Å². The van der Waals surface area contributed by atoms with E-state index in [1.165, 1.54) is 23.5 Å². The highest BCUT2D eigenvalue weighted by molar-refractivity contribution is 7.15. The monoisotopic (exact) mass is 536 g/mol. The lowest BCUT2D eigenvalue weighted by atomic mass is 10.1. The van der Waals surface area contributed by atoms with Crippen molar-refractivity contribution < 1.29 is 27.4 Å². The Kier molecular flexibility index (Phi) is 7.07. The maximum absolute atomic E-state index is 12.8. The highest BCUT2D eigenvalue weighted by Crippen LogP contribution is 2.34. The van der Waals surface area contributed by atoms with Gasteiger partial charge in [-0.3, -0.25) is 4.79 Å². The van der Waals surface area contributed by atoms with Gasteiger partial charge < -0.3 is 14.0 Å². The summed E-state index contributed by atoms with van der Waals surface area (Å²) in [5.74, 6) is 0.199. The molecule has 0 fully saturated rings. The molecule has 0 aliphatic carbocycles. The normalized spacial score (nSPS) is 12.2. The van der Waals surface area contributed by atoms with Crippen molar-refractivity contribution in [2.75, 3.05) is 0 Å². The third-order valence-electron chi connectivity index (χ3n) is 5.25. The van der Waals surface area contributed by atoms with Gasteiger partial charge in [0.05, 0.1) is 26.7 Å². The number of ether oxygens (including phenoxy) is 2. The number of thiazole rings is 1. The highest BCUT2D eigenvalue weighted by Gasteiger charge is 2.30. The number of fused-ring (bicyclic) bond motifs is 1. The number of nitrogens with zero attached hydrogens (tertiary/aromatic N) is 2. The molecule has 2 aromatic heterocycles. The van der Waals surface area contributed by atoms with Crippen LogP contribution >= 0.6 is 22.9 Å². The highest BCUT2D eigenvalue weighted by atomic mass is 35.5. The Morgan fingerprint density at radius 2 is 1.81 bits per heavy atom. The number of carbonyl (C=O) groups excluding carboxylic acids is 1. The minimum absolute atomic E-state index is 0.00832. The average Bonchev–Trinajstić information content (AvgIpc) is 3.29. The van der Waals surface area contributed by atoms with Crippen molar-refractivity contribution in [3.05, 3.63) is 69.8 Å². The maximum Gasteiger partial charge on any atom is 0.416 e. The van der Waals surface area contributed by atoms with Crippen molar-refractivity contribution >= 4 is 39.8 Å². The SMILES string of the molecule is Cc1nc(-c2ccc(C(F)(F)F)cc2)sc1COc1ccc2c(Cl)cn(CC(=O)OC(C)(C)C)c2c1. The fraction of sp³-hybridized carbons (Fsp3) is 0.308. The van der Waals surface area contributed by atoms with Gasteiger partial charge in [-0.25, -0.2) is 4.98 Å². The van der Waals surface area contributed by atoms with Crippen LogP contribution in [0.3, 0.4) is 0 Å². The van der Waals surface area contributed by atoms with E-state index in [-0.39, 0.29) is 19.1 Å². The molecule has 36 heavy (non-hydrogen) atoms. The number of rotatable bonds is 6. The number of esters is 1. The number of aryl methyl sites for hydroxylation is 1. The van der Waals surface area contributed by atoms with Gasteiger partial charge in [-0.05, 0) is 52.0 Å². The van der Waals surface area contributed by atoms with Gasteiger partial charge >= 0.3 is 12.1 Å². The van der Waals surface area contributed by atoms with Crippen molar-refractivity contribution in [1.82, 2.24) is 9.55 Å². The summed E-state index contributed by atoms with van der Waals surface area (Å²) in [6.45, 7) is 7.49. The molecule has 0 amide bonds. The van der Waals surface area contributed by atoms with E-state index in [0.717, 1.165) is 33.6 Å². The van der Waals surface area contributed by atoms with Crippen molar-refractivity contribution in [1.29, 1.82) is 0 Å². The second-order valence-corrected chi connectivity index (χ2v) is 10.8. The predicted octanol–water partition coefficient (Wildman–Crippen LogP) is 7.67. The zero-order chi connectivity index (χ0) is 26.3. The van der Waals surface area contributed by atoms with Gasteiger partial charge in [0.15, 0.2) is 0 Å². The molecule has 0 N–H and O–H groups in total. The summed E-state index contributed by atoms with van der Waals surface area (Å²) >= 11 is 7.72. The first-order valence-electron chi connectivity index (χ1n) is 11.1. The molecule has 0 aliphatic rings. The number of alkyl halides is 3. The Balaban J connectivity index is 1.50. The second kappa shape index (κ2) is 9.78. The lowest BCUT2D eigenvalue weighted by Crippen LogP contribution is -2.26.